The molecule has 1 heterocycles. The van der Waals surface area contributed by atoms with Crippen LogP contribution in [0.15, 0.2) is 53.9 Å². The van der Waals surface area contributed by atoms with Gasteiger partial charge in [-0.05, 0) is 43.8 Å². The second-order valence-corrected chi connectivity index (χ2v) is 6.68. The summed E-state index contributed by atoms with van der Waals surface area (Å²) in [6.45, 7) is 4.94. The first-order valence-corrected chi connectivity index (χ1v) is 9.13. The topological polar surface area (TPSA) is 37.0 Å². The average molecular weight is 354 g/mol. The average Bonchev–Trinajstić information content (AvgIpc) is 3.06. The Hall–Kier alpha value is -2.24. The molecule has 122 valence electrons. The maximum absolute atomic E-state index is 5.20. The van der Waals surface area contributed by atoms with E-state index in [1.165, 1.54) is 11.1 Å². The summed E-state index contributed by atoms with van der Waals surface area (Å²) in [5, 5.41) is 10.0. The van der Waals surface area contributed by atoms with E-state index in [0.29, 0.717) is 5.11 Å². The SMILES string of the molecule is CCNC(=S)Nc1ccc(-c2csc(-c3ccccc3C)n2)cc1. The number of thiocarbonyl (C=S) groups is 1. The van der Waals surface area contributed by atoms with Crippen LogP contribution in [0.4, 0.5) is 5.69 Å². The molecule has 2 aromatic carbocycles. The van der Waals surface area contributed by atoms with Gasteiger partial charge in [-0.2, -0.15) is 0 Å². The number of anilines is 1. The summed E-state index contributed by atoms with van der Waals surface area (Å²) in [5.41, 5.74) is 5.52. The van der Waals surface area contributed by atoms with E-state index in [-0.39, 0.29) is 0 Å². The lowest BCUT2D eigenvalue weighted by molar-refractivity contribution is 0.979. The Labute approximate surface area is 151 Å². The Kier molecular flexibility index (Phi) is 5.23. The fourth-order valence-corrected chi connectivity index (χ4v) is 3.58. The van der Waals surface area contributed by atoms with Crippen LogP contribution in [-0.4, -0.2) is 16.6 Å². The van der Waals surface area contributed by atoms with E-state index >= 15 is 0 Å². The monoisotopic (exact) mass is 353 g/mol. The van der Waals surface area contributed by atoms with Gasteiger partial charge in [-0.1, -0.05) is 36.4 Å². The third-order valence-corrected chi connectivity index (χ3v) is 4.78. The molecule has 0 aliphatic carbocycles. The Morgan fingerprint density at radius 2 is 1.88 bits per heavy atom. The fourth-order valence-electron chi connectivity index (χ4n) is 2.40. The maximum Gasteiger partial charge on any atom is 0.170 e. The number of hydrogen-bond acceptors (Lipinski definition) is 3. The lowest BCUT2D eigenvalue weighted by Crippen LogP contribution is -2.27. The van der Waals surface area contributed by atoms with Crippen LogP contribution < -0.4 is 10.6 Å². The summed E-state index contributed by atoms with van der Waals surface area (Å²) in [4.78, 5) is 4.79. The highest BCUT2D eigenvalue weighted by molar-refractivity contribution is 7.80. The predicted molar refractivity (Wildman–Crippen MR) is 108 cm³/mol. The summed E-state index contributed by atoms with van der Waals surface area (Å²) in [5.74, 6) is 0. The third kappa shape index (κ3) is 3.80. The van der Waals surface area contributed by atoms with Gasteiger partial charge in [0.2, 0.25) is 0 Å². The van der Waals surface area contributed by atoms with Gasteiger partial charge >= 0.3 is 0 Å². The lowest BCUT2D eigenvalue weighted by atomic mass is 10.1. The lowest BCUT2D eigenvalue weighted by Gasteiger charge is -2.08. The van der Waals surface area contributed by atoms with Gasteiger partial charge in [0.05, 0.1) is 5.69 Å². The molecule has 0 amide bonds. The number of hydrogen-bond donors (Lipinski definition) is 2. The Bertz CT molecular complexity index is 838. The number of aromatic nitrogens is 1. The highest BCUT2D eigenvalue weighted by Crippen LogP contribution is 2.31. The van der Waals surface area contributed by atoms with Gasteiger partial charge < -0.3 is 10.6 Å². The van der Waals surface area contributed by atoms with Crippen molar-refractivity contribution in [3.8, 4) is 21.8 Å². The zero-order valence-corrected chi connectivity index (χ0v) is 15.3. The summed E-state index contributed by atoms with van der Waals surface area (Å²) in [7, 11) is 0. The largest absolute Gasteiger partial charge is 0.363 e. The third-order valence-electron chi connectivity index (χ3n) is 3.66. The number of nitrogens with zero attached hydrogens (tertiary/aromatic N) is 1. The standard InChI is InChI=1S/C19H19N3S2/c1-3-20-19(23)21-15-10-8-14(9-11-15)17-12-24-18(22-17)16-7-5-4-6-13(16)2/h4-12H,3H2,1-2H3,(H2,20,21,23). The van der Waals surface area contributed by atoms with Gasteiger partial charge in [0.25, 0.3) is 0 Å². The molecule has 0 radical (unpaired) electrons. The first-order valence-electron chi connectivity index (χ1n) is 7.84. The van der Waals surface area contributed by atoms with Crippen LogP contribution in [0.5, 0.6) is 0 Å². The van der Waals surface area contributed by atoms with Gasteiger partial charge in [0, 0.05) is 28.7 Å². The molecule has 0 aliphatic heterocycles. The van der Waals surface area contributed by atoms with Gasteiger partial charge in [-0.15, -0.1) is 11.3 Å². The first kappa shape index (κ1) is 16.6. The molecule has 1 aromatic heterocycles. The normalized spacial score (nSPS) is 10.4. The minimum Gasteiger partial charge on any atom is -0.363 e. The molecular formula is C19H19N3S2. The zero-order valence-electron chi connectivity index (χ0n) is 13.7. The number of rotatable bonds is 4. The molecule has 3 nitrogen and oxygen atoms in total. The molecule has 0 unspecified atom stereocenters. The molecule has 0 atom stereocenters. The second kappa shape index (κ2) is 7.55. The van der Waals surface area contributed by atoms with Crippen molar-refractivity contribution >= 4 is 34.4 Å². The fraction of sp³-hybridized carbons (Fsp3) is 0.158. The van der Waals surface area contributed by atoms with E-state index in [2.05, 4.69) is 59.3 Å². The van der Waals surface area contributed by atoms with Crippen molar-refractivity contribution in [2.45, 2.75) is 13.8 Å². The van der Waals surface area contributed by atoms with E-state index in [1.807, 2.05) is 19.1 Å². The van der Waals surface area contributed by atoms with E-state index < -0.39 is 0 Å². The Morgan fingerprint density at radius 3 is 2.58 bits per heavy atom. The Balaban J connectivity index is 1.78. The van der Waals surface area contributed by atoms with E-state index in [1.54, 1.807) is 11.3 Å². The number of thiazole rings is 1. The number of nitrogens with one attached hydrogen (secondary N) is 2. The highest BCUT2D eigenvalue weighted by atomic mass is 32.1. The Morgan fingerprint density at radius 1 is 1.12 bits per heavy atom. The van der Waals surface area contributed by atoms with Crippen molar-refractivity contribution in [1.29, 1.82) is 0 Å². The van der Waals surface area contributed by atoms with Crippen LogP contribution in [0.25, 0.3) is 21.8 Å². The summed E-state index contributed by atoms with van der Waals surface area (Å²) < 4.78 is 0. The van der Waals surface area contributed by atoms with Crippen LogP contribution in [-0.2, 0) is 0 Å². The summed E-state index contributed by atoms with van der Waals surface area (Å²) >= 11 is 6.87. The molecule has 24 heavy (non-hydrogen) atoms. The molecule has 0 fully saturated rings. The molecule has 3 rings (SSSR count). The van der Waals surface area contributed by atoms with Gasteiger partial charge in [0.1, 0.15) is 5.01 Å². The van der Waals surface area contributed by atoms with Gasteiger partial charge in [-0.3, -0.25) is 0 Å². The molecule has 2 N–H and O–H groups in total. The zero-order chi connectivity index (χ0) is 16.9. The van der Waals surface area contributed by atoms with Crippen LogP contribution in [0, 0.1) is 6.92 Å². The number of benzene rings is 2. The molecule has 0 saturated heterocycles. The maximum atomic E-state index is 5.20. The predicted octanol–water partition coefficient (Wildman–Crippen LogP) is 5.09. The van der Waals surface area contributed by atoms with Crippen LogP contribution in [0.2, 0.25) is 0 Å². The van der Waals surface area contributed by atoms with Crippen LogP contribution in [0.1, 0.15) is 12.5 Å². The second-order valence-electron chi connectivity index (χ2n) is 5.41. The van der Waals surface area contributed by atoms with E-state index in [0.717, 1.165) is 28.5 Å². The van der Waals surface area contributed by atoms with Crippen molar-refractivity contribution in [2.75, 3.05) is 11.9 Å². The summed E-state index contributed by atoms with van der Waals surface area (Å²) in [6, 6.07) is 16.5. The van der Waals surface area contributed by atoms with E-state index in [4.69, 9.17) is 17.2 Å². The van der Waals surface area contributed by atoms with Gasteiger partial charge in [-0.25, -0.2) is 4.98 Å². The van der Waals surface area contributed by atoms with Crippen molar-refractivity contribution < 1.29 is 0 Å². The first-order chi connectivity index (χ1) is 11.7. The van der Waals surface area contributed by atoms with Crippen molar-refractivity contribution in [3.05, 3.63) is 59.5 Å². The van der Waals surface area contributed by atoms with Crippen LogP contribution in [0.3, 0.4) is 0 Å². The smallest absolute Gasteiger partial charge is 0.170 e. The van der Waals surface area contributed by atoms with Crippen molar-refractivity contribution in [2.24, 2.45) is 0 Å². The van der Waals surface area contributed by atoms with Crippen molar-refractivity contribution in [1.82, 2.24) is 10.3 Å². The molecule has 0 bridgehead atoms. The van der Waals surface area contributed by atoms with Crippen LogP contribution >= 0.6 is 23.6 Å². The highest BCUT2D eigenvalue weighted by Gasteiger charge is 2.08. The minimum absolute atomic E-state index is 0.640. The minimum atomic E-state index is 0.640. The molecule has 0 spiro atoms. The number of aryl methyl sites for hydroxylation is 1. The van der Waals surface area contributed by atoms with E-state index in [9.17, 15) is 0 Å². The summed E-state index contributed by atoms with van der Waals surface area (Å²) in [6.07, 6.45) is 0. The quantitative estimate of drug-likeness (QED) is 0.641. The molecule has 0 saturated carbocycles. The van der Waals surface area contributed by atoms with Gasteiger partial charge in [0.15, 0.2) is 5.11 Å². The molecule has 3 aromatic rings. The van der Waals surface area contributed by atoms with Crippen molar-refractivity contribution in [3.63, 3.8) is 0 Å². The molecule has 5 heteroatoms. The molecule has 0 aliphatic rings. The molecular weight excluding hydrogens is 334 g/mol.